The van der Waals surface area contributed by atoms with Gasteiger partial charge in [0.2, 0.25) is 17.7 Å². The molecule has 0 unspecified atom stereocenters. The Bertz CT molecular complexity index is 1550. The Balaban J connectivity index is 0.998. The van der Waals surface area contributed by atoms with Gasteiger partial charge in [0.05, 0.1) is 18.0 Å². The molecule has 11 nitrogen and oxygen atoms in total. The van der Waals surface area contributed by atoms with Gasteiger partial charge >= 0.3 is 0 Å². The SMILES string of the molecule is CC(=O)N[C@@H](CO)C(=O)N1CCC(C(=O)N2CCC(N3CCN(C(=O)c4cc(-c5ccccc5)nc(-c5ccccc5)c4)CC3)CC2)CC1. The fraction of sp³-hybridized carbons (Fsp3) is 0.447. The summed E-state index contributed by atoms with van der Waals surface area (Å²) in [6.45, 7) is 6.05. The summed E-state index contributed by atoms with van der Waals surface area (Å²) in [7, 11) is 0. The number of piperidine rings is 2. The quantitative estimate of drug-likeness (QED) is 0.379. The van der Waals surface area contributed by atoms with E-state index in [0.717, 1.165) is 48.4 Å². The van der Waals surface area contributed by atoms with Crippen molar-refractivity contribution in [1.82, 2.24) is 29.9 Å². The molecule has 3 saturated heterocycles. The van der Waals surface area contributed by atoms with Gasteiger partial charge in [0.15, 0.2) is 0 Å². The highest BCUT2D eigenvalue weighted by molar-refractivity contribution is 5.96. The Morgan fingerprint density at radius 1 is 0.735 bits per heavy atom. The number of carbonyl (C=O) groups is 4. The summed E-state index contributed by atoms with van der Waals surface area (Å²) in [5.41, 5.74) is 4.14. The van der Waals surface area contributed by atoms with E-state index in [1.807, 2.05) is 82.6 Å². The van der Waals surface area contributed by atoms with Crippen molar-refractivity contribution in [3.05, 3.63) is 78.4 Å². The first-order valence-electron chi connectivity index (χ1n) is 17.4. The average Bonchev–Trinajstić information content (AvgIpc) is 3.16. The summed E-state index contributed by atoms with van der Waals surface area (Å²) in [6.07, 6.45) is 2.96. The van der Waals surface area contributed by atoms with Crippen LogP contribution in [0.15, 0.2) is 72.8 Å². The van der Waals surface area contributed by atoms with Crippen LogP contribution in [0.1, 0.15) is 43.0 Å². The predicted molar refractivity (Wildman–Crippen MR) is 186 cm³/mol. The van der Waals surface area contributed by atoms with Crippen LogP contribution in [0.5, 0.6) is 0 Å². The second kappa shape index (κ2) is 15.7. The van der Waals surface area contributed by atoms with Crippen LogP contribution in [-0.4, -0.2) is 124 Å². The van der Waals surface area contributed by atoms with Crippen LogP contribution < -0.4 is 5.32 Å². The minimum atomic E-state index is -0.945. The van der Waals surface area contributed by atoms with Crippen LogP contribution in [0.2, 0.25) is 0 Å². The monoisotopic (exact) mass is 666 g/mol. The number of benzene rings is 2. The first kappa shape index (κ1) is 34.3. The lowest BCUT2D eigenvalue weighted by atomic mass is 9.93. The minimum absolute atomic E-state index is 0.0200. The van der Waals surface area contributed by atoms with Crippen molar-refractivity contribution in [1.29, 1.82) is 0 Å². The van der Waals surface area contributed by atoms with Crippen LogP contribution in [-0.2, 0) is 14.4 Å². The van der Waals surface area contributed by atoms with Gasteiger partial charge in [-0.15, -0.1) is 0 Å². The van der Waals surface area contributed by atoms with Crippen LogP contribution in [0.3, 0.4) is 0 Å². The van der Waals surface area contributed by atoms with Gasteiger partial charge in [-0.1, -0.05) is 60.7 Å². The number of rotatable bonds is 8. The Kier molecular flexibility index (Phi) is 11.0. The second-order valence-electron chi connectivity index (χ2n) is 13.3. The van der Waals surface area contributed by atoms with Crippen molar-refractivity contribution in [2.75, 3.05) is 59.0 Å². The van der Waals surface area contributed by atoms with Gasteiger partial charge in [-0.3, -0.25) is 24.1 Å². The van der Waals surface area contributed by atoms with Gasteiger partial charge in [-0.25, -0.2) is 4.98 Å². The molecule has 3 fully saturated rings. The van der Waals surface area contributed by atoms with Crippen LogP contribution in [0, 0.1) is 5.92 Å². The summed E-state index contributed by atoms with van der Waals surface area (Å²) < 4.78 is 0. The van der Waals surface area contributed by atoms with Gasteiger partial charge < -0.3 is 25.1 Å². The number of pyridine rings is 1. The molecule has 4 heterocycles. The molecule has 0 saturated carbocycles. The van der Waals surface area contributed by atoms with Gasteiger partial charge in [0, 0.05) is 87.9 Å². The lowest BCUT2D eigenvalue weighted by molar-refractivity contribution is -0.143. The molecule has 3 aliphatic heterocycles. The molecule has 0 radical (unpaired) electrons. The number of amides is 4. The van der Waals surface area contributed by atoms with Gasteiger partial charge in [-0.2, -0.15) is 0 Å². The number of hydrogen-bond donors (Lipinski definition) is 2. The topological polar surface area (TPSA) is 126 Å². The molecular weight excluding hydrogens is 620 g/mol. The molecule has 258 valence electrons. The Hall–Kier alpha value is -4.61. The number of hydrogen-bond acceptors (Lipinski definition) is 7. The second-order valence-corrected chi connectivity index (χ2v) is 13.3. The van der Waals surface area contributed by atoms with E-state index in [9.17, 15) is 24.3 Å². The van der Waals surface area contributed by atoms with E-state index in [2.05, 4.69) is 10.2 Å². The van der Waals surface area contributed by atoms with E-state index in [-0.39, 0.29) is 29.5 Å². The van der Waals surface area contributed by atoms with Gasteiger partial charge in [-0.05, 0) is 37.8 Å². The summed E-state index contributed by atoms with van der Waals surface area (Å²) in [5, 5.41) is 12.0. The van der Waals surface area contributed by atoms with Gasteiger partial charge in [0.1, 0.15) is 6.04 Å². The lowest BCUT2D eigenvalue weighted by Crippen LogP contribution is -2.55. The maximum absolute atomic E-state index is 13.9. The highest BCUT2D eigenvalue weighted by Gasteiger charge is 2.35. The average molecular weight is 667 g/mol. The predicted octanol–water partition coefficient (Wildman–Crippen LogP) is 2.90. The first-order valence-corrected chi connectivity index (χ1v) is 17.4. The zero-order valence-corrected chi connectivity index (χ0v) is 28.2. The molecule has 0 aliphatic carbocycles. The summed E-state index contributed by atoms with van der Waals surface area (Å²) in [5.74, 6) is -0.617. The van der Waals surface area contributed by atoms with Crippen LogP contribution in [0.4, 0.5) is 0 Å². The fourth-order valence-corrected chi connectivity index (χ4v) is 7.35. The van der Waals surface area contributed by atoms with Crippen molar-refractivity contribution in [3.63, 3.8) is 0 Å². The summed E-state index contributed by atoms with van der Waals surface area (Å²) in [6, 6.07) is 23.2. The molecule has 1 aromatic heterocycles. The van der Waals surface area contributed by atoms with E-state index in [1.165, 1.54) is 6.92 Å². The maximum Gasteiger partial charge on any atom is 0.254 e. The number of piperazine rings is 1. The molecule has 2 N–H and O–H groups in total. The van der Waals surface area contributed by atoms with Crippen molar-refractivity contribution < 1.29 is 24.3 Å². The molecule has 2 aromatic carbocycles. The summed E-state index contributed by atoms with van der Waals surface area (Å²) >= 11 is 0. The number of carbonyl (C=O) groups excluding carboxylic acids is 4. The number of likely N-dealkylation sites (tertiary alicyclic amines) is 2. The van der Waals surface area contributed by atoms with E-state index in [4.69, 9.17) is 4.98 Å². The lowest BCUT2D eigenvalue weighted by Gasteiger charge is -2.43. The maximum atomic E-state index is 13.9. The number of aliphatic hydroxyl groups is 1. The zero-order chi connectivity index (χ0) is 34.3. The Morgan fingerprint density at radius 2 is 1.27 bits per heavy atom. The van der Waals surface area contributed by atoms with Gasteiger partial charge in [0.25, 0.3) is 5.91 Å². The molecule has 0 spiro atoms. The number of nitrogens with zero attached hydrogens (tertiary/aromatic N) is 5. The molecule has 3 aromatic rings. The smallest absolute Gasteiger partial charge is 0.254 e. The van der Waals surface area contributed by atoms with Crippen LogP contribution in [0.25, 0.3) is 22.5 Å². The molecule has 4 amide bonds. The van der Waals surface area contributed by atoms with Crippen LogP contribution >= 0.6 is 0 Å². The molecule has 11 heteroatoms. The minimum Gasteiger partial charge on any atom is -0.394 e. The highest BCUT2D eigenvalue weighted by Crippen LogP contribution is 2.27. The molecule has 6 rings (SSSR count). The van der Waals surface area contributed by atoms with E-state index >= 15 is 0 Å². The van der Waals surface area contributed by atoms with Crippen molar-refractivity contribution in [2.45, 2.75) is 44.7 Å². The Labute approximate surface area is 287 Å². The first-order chi connectivity index (χ1) is 23.8. The van der Waals surface area contributed by atoms with E-state index in [0.29, 0.717) is 63.7 Å². The van der Waals surface area contributed by atoms with E-state index < -0.39 is 12.6 Å². The third-order valence-corrected chi connectivity index (χ3v) is 10.1. The summed E-state index contributed by atoms with van der Waals surface area (Å²) in [4.78, 5) is 64.3. The standard InChI is InChI=1S/C38H46N6O5/c1-27(46)39-35(26-45)38(49)43-16-12-30(13-17-43)36(47)42-18-14-32(15-19-42)41-20-22-44(23-21-41)37(48)31-24-33(28-8-4-2-5-9-28)40-34(25-31)29-10-6-3-7-11-29/h2-11,24-25,30,32,35,45H,12-23,26H2,1H3,(H,39,46)/t35-/m0/s1. The Morgan fingerprint density at radius 3 is 1.78 bits per heavy atom. The van der Waals surface area contributed by atoms with E-state index in [1.54, 1.807) is 4.90 Å². The molecule has 49 heavy (non-hydrogen) atoms. The third-order valence-electron chi connectivity index (χ3n) is 10.1. The zero-order valence-electron chi connectivity index (χ0n) is 28.2. The largest absolute Gasteiger partial charge is 0.394 e. The van der Waals surface area contributed by atoms with Crippen molar-refractivity contribution in [3.8, 4) is 22.5 Å². The molecule has 3 aliphatic rings. The normalized spacial score (nSPS) is 18.6. The molecule has 1 atom stereocenters. The van der Waals surface area contributed by atoms with Crippen molar-refractivity contribution in [2.24, 2.45) is 5.92 Å². The highest BCUT2D eigenvalue weighted by atomic mass is 16.3. The number of aliphatic hydroxyl groups excluding tert-OH is 1. The van der Waals surface area contributed by atoms with Crippen molar-refractivity contribution >= 4 is 23.6 Å². The fourth-order valence-electron chi connectivity index (χ4n) is 7.35. The number of nitrogens with one attached hydrogen (secondary N) is 1. The number of aromatic nitrogens is 1. The molecular formula is C38H46N6O5. The molecule has 0 bridgehead atoms. The third kappa shape index (κ3) is 8.17.